The van der Waals surface area contributed by atoms with E-state index in [0.29, 0.717) is 25.0 Å². The molecule has 1 N–H and O–H groups in total. The van der Waals surface area contributed by atoms with Crippen LogP contribution in [0.1, 0.15) is 37.0 Å². The molecule has 5 nitrogen and oxygen atoms in total. The Labute approximate surface area is 122 Å². The molecule has 118 valence electrons. The highest BCUT2D eigenvalue weighted by Crippen LogP contribution is 2.25. The van der Waals surface area contributed by atoms with Crippen LogP contribution in [0, 0.1) is 11.6 Å². The van der Waals surface area contributed by atoms with E-state index in [9.17, 15) is 22.0 Å². The molecule has 0 spiro atoms. The van der Waals surface area contributed by atoms with Gasteiger partial charge in [-0.1, -0.05) is 13.8 Å². The molecule has 1 rings (SSSR count). The number of sulfonamides is 1. The van der Waals surface area contributed by atoms with Gasteiger partial charge in [-0.15, -0.1) is 0 Å². The standard InChI is InChI=1S/C13H17F2NO4S/c1-4-9(5-2)16(3)21(19,20)11-7-8(13(17)18)6-10(14)12(11)15/h6-7,9H,4-5H2,1-3H3,(H,17,18). The van der Waals surface area contributed by atoms with E-state index in [1.54, 1.807) is 13.8 Å². The van der Waals surface area contributed by atoms with Crippen molar-refractivity contribution in [2.45, 2.75) is 37.6 Å². The Bertz CT molecular complexity index is 642. The van der Waals surface area contributed by atoms with Crippen LogP contribution in [0.2, 0.25) is 0 Å². The van der Waals surface area contributed by atoms with Crippen LogP contribution in [-0.2, 0) is 10.0 Å². The van der Waals surface area contributed by atoms with Crippen molar-refractivity contribution in [1.82, 2.24) is 4.31 Å². The maximum atomic E-state index is 13.8. The van der Waals surface area contributed by atoms with Crippen molar-refractivity contribution >= 4 is 16.0 Å². The highest BCUT2D eigenvalue weighted by atomic mass is 32.2. The number of nitrogens with zero attached hydrogens (tertiary/aromatic N) is 1. The Morgan fingerprint density at radius 2 is 1.81 bits per heavy atom. The van der Waals surface area contributed by atoms with Crippen molar-refractivity contribution in [3.8, 4) is 0 Å². The first-order chi connectivity index (χ1) is 9.66. The molecule has 0 saturated heterocycles. The Morgan fingerprint density at radius 3 is 2.24 bits per heavy atom. The van der Waals surface area contributed by atoms with Crippen molar-refractivity contribution in [2.24, 2.45) is 0 Å². The van der Waals surface area contributed by atoms with E-state index in [-0.39, 0.29) is 6.04 Å². The van der Waals surface area contributed by atoms with Gasteiger partial charge in [-0.2, -0.15) is 4.31 Å². The fourth-order valence-corrected chi connectivity index (χ4v) is 3.63. The van der Waals surface area contributed by atoms with Gasteiger partial charge in [-0.25, -0.2) is 22.0 Å². The molecule has 0 heterocycles. The highest BCUT2D eigenvalue weighted by molar-refractivity contribution is 7.89. The van der Waals surface area contributed by atoms with Crippen LogP contribution in [0.5, 0.6) is 0 Å². The first kappa shape index (κ1) is 17.5. The lowest BCUT2D eigenvalue weighted by atomic mass is 10.2. The van der Waals surface area contributed by atoms with E-state index < -0.39 is 38.1 Å². The van der Waals surface area contributed by atoms with Crippen molar-refractivity contribution in [1.29, 1.82) is 0 Å². The molecule has 0 amide bonds. The van der Waals surface area contributed by atoms with E-state index in [2.05, 4.69) is 0 Å². The SMILES string of the molecule is CCC(CC)N(C)S(=O)(=O)c1cc(C(=O)O)cc(F)c1F. The number of hydrogen-bond acceptors (Lipinski definition) is 3. The van der Waals surface area contributed by atoms with E-state index >= 15 is 0 Å². The summed E-state index contributed by atoms with van der Waals surface area (Å²) in [6.45, 7) is 3.54. The van der Waals surface area contributed by atoms with Crippen LogP contribution in [0.4, 0.5) is 8.78 Å². The predicted molar refractivity (Wildman–Crippen MR) is 72.6 cm³/mol. The number of aromatic carboxylic acids is 1. The number of carbonyl (C=O) groups is 1. The van der Waals surface area contributed by atoms with Crippen LogP contribution in [0.25, 0.3) is 0 Å². The molecule has 21 heavy (non-hydrogen) atoms. The molecular weight excluding hydrogens is 304 g/mol. The largest absolute Gasteiger partial charge is 0.478 e. The molecule has 0 aromatic heterocycles. The highest BCUT2D eigenvalue weighted by Gasteiger charge is 2.31. The van der Waals surface area contributed by atoms with Crippen molar-refractivity contribution in [3.63, 3.8) is 0 Å². The maximum Gasteiger partial charge on any atom is 0.335 e. The number of carboxylic acids is 1. The third kappa shape index (κ3) is 3.38. The average molecular weight is 321 g/mol. The second-order valence-corrected chi connectivity index (χ2v) is 6.53. The summed E-state index contributed by atoms with van der Waals surface area (Å²) in [6, 6.07) is 0.703. The van der Waals surface area contributed by atoms with Gasteiger partial charge in [0.2, 0.25) is 10.0 Å². The van der Waals surface area contributed by atoms with E-state index in [1.165, 1.54) is 7.05 Å². The summed E-state index contributed by atoms with van der Waals surface area (Å²) in [5, 5.41) is 8.83. The van der Waals surface area contributed by atoms with Crippen LogP contribution < -0.4 is 0 Å². The molecule has 0 aliphatic heterocycles. The molecule has 1 aromatic rings. The van der Waals surface area contributed by atoms with Gasteiger partial charge in [0.05, 0.1) is 5.56 Å². The van der Waals surface area contributed by atoms with E-state index in [4.69, 9.17) is 5.11 Å². The minimum Gasteiger partial charge on any atom is -0.478 e. The molecule has 0 atom stereocenters. The number of rotatable bonds is 6. The fourth-order valence-electron chi connectivity index (χ4n) is 2.03. The second-order valence-electron chi connectivity index (χ2n) is 4.57. The summed E-state index contributed by atoms with van der Waals surface area (Å²) in [5.41, 5.74) is -0.620. The van der Waals surface area contributed by atoms with Crippen LogP contribution >= 0.6 is 0 Å². The average Bonchev–Trinajstić information content (AvgIpc) is 2.42. The van der Waals surface area contributed by atoms with Gasteiger partial charge in [0.1, 0.15) is 4.90 Å². The molecule has 1 aromatic carbocycles. The monoisotopic (exact) mass is 321 g/mol. The zero-order valence-electron chi connectivity index (χ0n) is 11.9. The topological polar surface area (TPSA) is 74.7 Å². The number of hydrogen-bond donors (Lipinski definition) is 1. The van der Waals surface area contributed by atoms with Crippen LogP contribution in [0.15, 0.2) is 17.0 Å². The second kappa shape index (κ2) is 6.48. The van der Waals surface area contributed by atoms with Crippen molar-refractivity contribution < 1.29 is 27.1 Å². The van der Waals surface area contributed by atoms with Crippen LogP contribution in [0.3, 0.4) is 0 Å². The van der Waals surface area contributed by atoms with Gasteiger partial charge >= 0.3 is 5.97 Å². The molecule has 0 radical (unpaired) electrons. The number of halogens is 2. The predicted octanol–water partition coefficient (Wildman–Crippen LogP) is 2.47. The third-order valence-electron chi connectivity index (χ3n) is 3.36. The maximum absolute atomic E-state index is 13.8. The Kier molecular flexibility index (Phi) is 5.41. The molecule has 0 saturated carbocycles. The summed E-state index contributed by atoms with van der Waals surface area (Å²) in [4.78, 5) is 9.90. The zero-order chi connectivity index (χ0) is 16.4. The Balaban J connectivity index is 3.47. The van der Waals surface area contributed by atoms with Gasteiger partial charge in [-0.05, 0) is 25.0 Å². The normalized spacial score (nSPS) is 12.1. The Morgan fingerprint density at radius 1 is 1.29 bits per heavy atom. The quantitative estimate of drug-likeness (QED) is 0.873. The smallest absolute Gasteiger partial charge is 0.335 e. The molecule has 0 aliphatic carbocycles. The lowest BCUT2D eigenvalue weighted by Crippen LogP contribution is -2.36. The first-order valence-electron chi connectivity index (χ1n) is 6.37. The molecule has 0 unspecified atom stereocenters. The number of benzene rings is 1. The Hall–Kier alpha value is -1.54. The van der Waals surface area contributed by atoms with E-state index in [1.807, 2.05) is 0 Å². The summed E-state index contributed by atoms with van der Waals surface area (Å²) in [6.07, 6.45) is 0.990. The van der Waals surface area contributed by atoms with Gasteiger partial charge in [0, 0.05) is 13.1 Å². The molecule has 0 fully saturated rings. The molecular formula is C13H17F2NO4S. The van der Waals surface area contributed by atoms with Gasteiger partial charge in [0.15, 0.2) is 11.6 Å². The van der Waals surface area contributed by atoms with E-state index in [0.717, 1.165) is 4.31 Å². The fraction of sp³-hybridized carbons (Fsp3) is 0.462. The lowest BCUT2D eigenvalue weighted by Gasteiger charge is -2.25. The third-order valence-corrected chi connectivity index (χ3v) is 5.26. The minimum absolute atomic E-state index is 0.383. The zero-order valence-corrected chi connectivity index (χ0v) is 12.7. The van der Waals surface area contributed by atoms with Crippen molar-refractivity contribution in [2.75, 3.05) is 7.05 Å². The molecule has 8 heteroatoms. The summed E-state index contributed by atoms with van der Waals surface area (Å²) >= 11 is 0. The molecule has 0 aliphatic rings. The van der Waals surface area contributed by atoms with Gasteiger partial charge < -0.3 is 5.11 Å². The minimum atomic E-state index is -4.32. The van der Waals surface area contributed by atoms with Crippen LogP contribution in [-0.4, -0.2) is 36.9 Å². The van der Waals surface area contributed by atoms with Gasteiger partial charge in [0.25, 0.3) is 0 Å². The summed E-state index contributed by atoms with van der Waals surface area (Å²) in [7, 11) is -3.05. The summed E-state index contributed by atoms with van der Waals surface area (Å²) in [5.74, 6) is -4.61. The number of carboxylic acid groups (broad SMARTS) is 1. The summed E-state index contributed by atoms with van der Waals surface area (Å²) < 4.78 is 52.9. The first-order valence-corrected chi connectivity index (χ1v) is 7.81. The van der Waals surface area contributed by atoms with Gasteiger partial charge in [-0.3, -0.25) is 0 Å². The molecule has 0 bridgehead atoms. The van der Waals surface area contributed by atoms with Crippen molar-refractivity contribution in [3.05, 3.63) is 29.3 Å². The lowest BCUT2D eigenvalue weighted by molar-refractivity contribution is 0.0696.